The predicted octanol–water partition coefficient (Wildman–Crippen LogP) is 1.66. The molecule has 0 unspecified atom stereocenters. The first-order valence-electron chi connectivity index (χ1n) is 7.00. The summed E-state index contributed by atoms with van der Waals surface area (Å²) in [6.07, 6.45) is 0.254. The van der Waals surface area contributed by atoms with E-state index in [0.717, 1.165) is 6.42 Å². The van der Waals surface area contributed by atoms with Crippen LogP contribution in [0.1, 0.15) is 41.0 Å². The number of carbonyl (C=O) groups is 1. The molecule has 0 bridgehead atoms. The SMILES string of the molecule is CCOC(=O)C1=[N+]([O-])OC(C)(C)[C@H]2CC(C)(C)CO[C@H]12. The van der Waals surface area contributed by atoms with Crippen molar-refractivity contribution in [2.45, 2.75) is 52.7 Å². The predicted molar refractivity (Wildman–Crippen MR) is 72.1 cm³/mol. The molecule has 0 N–H and O–H groups in total. The van der Waals surface area contributed by atoms with Crippen molar-refractivity contribution in [1.82, 2.24) is 0 Å². The van der Waals surface area contributed by atoms with E-state index in [2.05, 4.69) is 13.8 Å². The van der Waals surface area contributed by atoms with Gasteiger partial charge in [0.15, 0.2) is 6.10 Å². The molecule has 114 valence electrons. The lowest BCUT2D eigenvalue weighted by atomic mass is 9.70. The number of ether oxygens (including phenoxy) is 2. The third kappa shape index (κ3) is 2.61. The number of carbonyl (C=O) groups excluding carboxylic acids is 1. The van der Waals surface area contributed by atoms with Crippen LogP contribution in [-0.2, 0) is 19.1 Å². The van der Waals surface area contributed by atoms with Gasteiger partial charge < -0.3 is 14.3 Å². The van der Waals surface area contributed by atoms with Crippen molar-refractivity contribution in [3.05, 3.63) is 5.21 Å². The molecule has 1 saturated heterocycles. The first kappa shape index (κ1) is 15.1. The molecule has 0 aliphatic carbocycles. The molecule has 1 fully saturated rings. The van der Waals surface area contributed by atoms with Gasteiger partial charge in [0.05, 0.1) is 23.7 Å². The first-order valence-corrected chi connectivity index (χ1v) is 7.00. The maximum absolute atomic E-state index is 12.0. The van der Waals surface area contributed by atoms with E-state index in [9.17, 15) is 10.0 Å². The highest BCUT2D eigenvalue weighted by Gasteiger charge is 2.55. The van der Waals surface area contributed by atoms with Crippen LogP contribution >= 0.6 is 0 Å². The van der Waals surface area contributed by atoms with E-state index >= 15 is 0 Å². The summed E-state index contributed by atoms with van der Waals surface area (Å²) in [4.78, 5) is 17.6. The fourth-order valence-electron chi connectivity index (χ4n) is 2.90. The van der Waals surface area contributed by atoms with Crippen LogP contribution < -0.4 is 0 Å². The number of hydrogen-bond donors (Lipinski definition) is 0. The Labute approximate surface area is 119 Å². The lowest BCUT2D eigenvalue weighted by molar-refractivity contribution is -0.774. The molecule has 2 aliphatic heterocycles. The summed E-state index contributed by atoms with van der Waals surface area (Å²) in [6.45, 7) is 10.3. The highest BCUT2D eigenvalue weighted by molar-refractivity contribution is 6.36. The number of fused-ring (bicyclic) bond motifs is 1. The molecule has 2 rings (SSSR count). The van der Waals surface area contributed by atoms with Gasteiger partial charge >= 0.3 is 11.7 Å². The lowest BCUT2D eigenvalue weighted by Gasteiger charge is -2.49. The molecule has 0 aromatic carbocycles. The van der Waals surface area contributed by atoms with Gasteiger partial charge in [-0.2, -0.15) is 0 Å². The maximum atomic E-state index is 12.0. The van der Waals surface area contributed by atoms with E-state index in [4.69, 9.17) is 14.3 Å². The van der Waals surface area contributed by atoms with Crippen molar-refractivity contribution in [3.8, 4) is 0 Å². The molecule has 2 atom stereocenters. The van der Waals surface area contributed by atoms with Gasteiger partial charge in [0.1, 0.15) is 0 Å². The Bertz CT molecular complexity index is 441. The smallest absolute Gasteiger partial charge is 0.408 e. The van der Waals surface area contributed by atoms with Crippen LogP contribution in [0.15, 0.2) is 0 Å². The average Bonchev–Trinajstić information content (AvgIpc) is 2.29. The fourth-order valence-corrected chi connectivity index (χ4v) is 2.90. The summed E-state index contributed by atoms with van der Waals surface area (Å²) < 4.78 is 10.8. The van der Waals surface area contributed by atoms with Gasteiger partial charge in [-0.25, -0.2) is 4.79 Å². The number of esters is 1. The topological polar surface area (TPSA) is 70.8 Å². The van der Waals surface area contributed by atoms with Crippen LogP contribution in [-0.4, -0.2) is 41.5 Å². The summed E-state index contributed by atoms with van der Waals surface area (Å²) in [6, 6.07) is 0. The molecule has 0 radical (unpaired) electrons. The minimum atomic E-state index is -0.680. The molecular weight excluding hydrogens is 262 g/mol. The van der Waals surface area contributed by atoms with E-state index < -0.39 is 17.7 Å². The van der Waals surface area contributed by atoms with Gasteiger partial charge in [-0.1, -0.05) is 13.8 Å². The normalized spacial score (nSPS) is 31.2. The van der Waals surface area contributed by atoms with E-state index in [1.807, 2.05) is 13.8 Å². The van der Waals surface area contributed by atoms with Crippen LogP contribution in [0.25, 0.3) is 0 Å². The zero-order valence-electron chi connectivity index (χ0n) is 12.8. The second-order valence-electron chi connectivity index (χ2n) is 6.76. The van der Waals surface area contributed by atoms with Gasteiger partial charge in [0, 0.05) is 5.92 Å². The Morgan fingerprint density at radius 2 is 2.10 bits per heavy atom. The second kappa shape index (κ2) is 4.91. The summed E-state index contributed by atoms with van der Waals surface area (Å²) in [5, 5.41) is 12.0. The molecule has 0 aromatic heterocycles. The summed E-state index contributed by atoms with van der Waals surface area (Å²) in [7, 11) is 0. The van der Waals surface area contributed by atoms with Crippen LogP contribution in [0.3, 0.4) is 0 Å². The summed E-state index contributed by atoms with van der Waals surface area (Å²) in [5.74, 6) is -0.719. The molecule has 0 amide bonds. The van der Waals surface area contributed by atoms with Gasteiger partial charge in [0.25, 0.3) is 0 Å². The number of hydrogen-bond acceptors (Lipinski definition) is 5. The second-order valence-corrected chi connectivity index (χ2v) is 6.76. The highest BCUT2D eigenvalue weighted by atomic mass is 16.9. The molecule has 6 heteroatoms. The van der Waals surface area contributed by atoms with Gasteiger partial charge in [-0.05, 0) is 32.6 Å². The Morgan fingerprint density at radius 1 is 1.45 bits per heavy atom. The third-order valence-electron chi connectivity index (χ3n) is 3.95. The van der Waals surface area contributed by atoms with Crippen molar-refractivity contribution in [2.75, 3.05) is 13.2 Å². The quantitative estimate of drug-likeness (QED) is 0.570. The highest BCUT2D eigenvalue weighted by Crippen LogP contribution is 2.43. The number of nitrogens with zero attached hydrogens (tertiary/aromatic N) is 1. The molecule has 2 heterocycles. The zero-order valence-corrected chi connectivity index (χ0v) is 12.8. The van der Waals surface area contributed by atoms with Crippen molar-refractivity contribution >= 4 is 11.7 Å². The van der Waals surface area contributed by atoms with Gasteiger partial charge in [0.2, 0.25) is 0 Å². The van der Waals surface area contributed by atoms with Crippen molar-refractivity contribution in [1.29, 1.82) is 0 Å². The molecule has 0 saturated carbocycles. The average molecular weight is 285 g/mol. The van der Waals surface area contributed by atoms with Crippen molar-refractivity contribution in [3.63, 3.8) is 0 Å². The Hall–Kier alpha value is -1.30. The van der Waals surface area contributed by atoms with Crippen LogP contribution in [0, 0.1) is 16.5 Å². The standard InChI is InChI=1S/C14H23NO5/c1-6-18-12(16)10-11-9(7-13(2,3)8-19-11)14(4,5)20-15(10)17/h9,11H,6-8H2,1-5H3/t9-,11-/m0/s1. The molecular formula is C14H23NO5. The van der Waals surface area contributed by atoms with Crippen LogP contribution in [0.2, 0.25) is 0 Å². The Kier molecular flexibility index (Phi) is 3.71. The lowest BCUT2D eigenvalue weighted by Crippen LogP contribution is -2.60. The fraction of sp³-hybridized carbons (Fsp3) is 0.857. The monoisotopic (exact) mass is 285 g/mol. The molecule has 20 heavy (non-hydrogen) atoms. The molecule has 0 spiro atoms. The van der Waals surface area contributed by atoms with Gasteiger partial charge in [-0.15, -0.1) is 0 Å². The molecule has 6 nitrogen and oxygen atoms in total. The van der Waals surface area contributed by atoms with Crippen LogP contribution in [0.5, 0.6) is 0 Å². The third-order valence-corrected chi connectivity index (χ3v) is 3.95. The van der Waals surface area contributed by atoms with E-state index in [1.54, 1.807) is 6.92 Å². The van der Waals surface area contributed by atoms with E-state index in [0.29, 0.717) is 6.61 Å². The summed E-state index contributed by atoms with van der Waals surface area (Å²) >= 11 is 0. The summed E-state index contributed by atoms with van der Waals surface area (Å²) in [5.41, 5.74) is -0.765. The maximum Gasteiger partial charge on any atom is 0.408 e. The molecule has 2 aliphatic rings. The van der Waals surface area contributed by atoms with Crippen molar-refractivity contribution in [2.24, 2.45) is 11.3 Å². The minimum Gasteiger partial charge on any atom is -0.458 e. The minimum absolute atomic E-state index is 0.00732. The zero-order chi connectivity index (χ0) is 15.1. The first-order chi connectivity index (χ1) is 9.18. The Balaban J connectivity index is 2.37. The van der Waals surface area contributed by atoms with Crippen molar-refractivity contribution < 1.29 is 24.0 Å². The molecule has 0 aromatic rings. The Morgan fingerprint density at radius 3 is 2.70 bits per heavy atom. The largest absolute Gasteiger partial charge is 0.458 e. The van der Waals surface area contributed by atoms with E-state index in [-0.39, 0.29) is 28.6 Å². The van der Waals surface area contributed by atoms with E-state index in [1.165, 1.54) is 0 Å². The number of rotatable bonds is 2. The van der Waals surface area contributed by atoms with Gasteiger partial charge in [-0.3, -0.25) is 5.21 Å². The van der Waals surface area contributed by atoms with Crippen LogP contribution in [0.4, 0.5) is 0 Å².